The van der Waals surface area contributed by atoms with Crippen LogP contribution in [0.25, 0.3) is 0 Å². The molecular formula is C17H26F3IN4O2. The van der Waals surface area contributed by atoms with Crippen molar-refractivity contribution in [1.29, 1.82) is 0 Å². The lowest BCUT2D eigenvalue weighted by atomic mass is 10.3. The highest BCUT2D eigenvalue weighted by molar-refractivity contribution is 14.0. The quantitative estimate of drug-likeness (QED) is 0.260. The monoisotopic (exact) mass is 502 g/mol. The Bertz CT molecular complexity index is 585. The molecule has 0 bridgehead atoms. The number of benzene rings is 1. The van der Waals surface area contributed by atoms with E-state index in [9.17, 15) is 13.2 Å². The van der Waals surface area contributed by atoms with Crippen LogP contribution >= 0.6 is 24.0 Å². The van der Waals surface area contributed by atoms with E-state index in [2.05, 4.69) is 15.6 Å². The lowest BCUT2D eigenvalue weighted by molar-refractivity contribution is -0.143. The molecule has 0 saturated carbocycles. The van der Waals surface area contributed by atoms with E-state index >= 15 is 0 Å². The van der Waals surface area contributed by atoms with Gasteiger partial charge < -0.3 is 20.1 Å². The van der Waals surface area contributed by atoms with E-state index in [0.717, 1.165) is 11.5 Å². The summed E-state index contributed by atoms with van der Waals surface area (Å²) in [5.41, 5.74) is 0. The first-order chi connectivity index (χ1) is 12.4. The summed E-state index contributed by atoms with van der Waals surface area (Å²) in [6, 6.07) is 7.22. The molecule has 0 aliphatic carbocycles. The predicted molar refractivity (Wildman–Crippen MR) is 109 cm³/mol. The summed E-state index contributed by atoms with van der Waals surface area (Å²) >= 11 is 0. The van der Waals surface area contributed by atoms with Crippen LogP contribution in [0.2, 0.25) is 0 Å². The molecule has 27 heavy (non-hydrogen) atoms. The van der Waals surface area contributed by atoms with Crippen molar-refractivity contribution in [3.05, 3.63) is 24.3 Å². The molecule has 1 heterocycles. The van der Waals surface area contributed by atoms with E-state index in [1.807, 2.05) is 24.3 Å². The van der Waals surface area contributed by atoms with Crippen LogP contribution in [0.3, 0.4) is 0 Å². The zero-order valence-electron chi connectivity index (χ0n) is 15.4. The number of hydrogen-bond donors (Lipinski definition) is 2. The van der Waals surface area contributed by atoms with Crippen molar-refractivity contribution in [3.63, 3.8) is 0 Å². The summed E-state index contributed by atoms with van der Waals surface area (Å²) in [5, 5.41) is 6.25. The van der Waals surface area contributed by atoms with Crippen LogP contribution in [0, 0.1) is 0 Å². The molecule has 0 spiro atoms. The summed E-state index contributed by atoms with van der Waals surface area (Å²) in [4.78, 5) is 5.50. The van der Waals surface area contributed by atoms with E-state index in [-0.39, 0.29) is 30.0 Å². The Morgan fingerprint density at radius 3 is 2.52 bits per heavy atom. The van der Waals surface area contributed by atoms with Gasteiger partial charge in [0, 0.05) is 26.2 Å². The molecule has 0 amide bonds. The number of alkyl halides is 3. The van der Waals surface area contributed by atoms with Gasteiger partial charge in [-0.15, -0.1) is 24.0 Å². The Hall–Kier alpha value is -1.43. The summed E-state index contributed by atoms with van der Waals surface area (Å²) in [6.07, 6.45) is -3.51. The van der Waals surface area contributed by atoms with Crippen molar-refractivity contribution in [2.24, 2.45) is 4.99 Å². The molecule has 0 aromatic heterocycles. The molecule has 1 atom stereocenters. The number of nitrogens with zero attached hydrogens (tertiary/aromatic N) is 2. The normalized spacial score (nSPS) is 18.0. The number of halogens is 4. The smallest absolute Gasteiger partial charge is 0.401 e. The fourth-order valence-electron chi connectivity index (χ4n) is 2.75. The van der Waals surface area contributed by atoms with Crippen molar-refractivity contribution in [2.45, 2.75) is 18.6 Å². The Morgan fingerprint density at radius 1 is 1.26 bits per heavy atom. The van der Waals surface area contributed by atoms with Gasteiger partial charge in [-0.3, -0.25) is 9.89 Å². The summed E-state index contributed by atoms with van der Waals surface area (Å²) < 4.78 is 48.0. The van der Waals surface area contributed by atoms with Crippen LogP contribution in [0.5, 0.6) is 11.5 Å². The van der Waals surface area contributed by atoms with Gasteiger partial charge in [0.15, 0.2) is 5.96 Å². The van der Waals surface area contributed by atoms with Crippen LogP contribution in [0.1, 0.15) is 6.42 Å². The van der Waals surface area contributed by atoms with E-state index in [0.29, 0.717) is 38.6 Å². The number of guanidine groups is 1. The Balaban J connectivity index is 0.00000364. The van der Waals surface area contributed by atoms with Crippen molar-refractivity contribution in [2.75, 3.05) is 46.9 Å². The highest BCUT2D eigenvalue weighted by Crippen LogP contribution is 2.20. The first-order valence-electron chi connectivity index (χ1n) is 8.43. The number of nitrogens with one attached hydrogen (secondary N) is 2. The second kappa shape index (κ2) is 11.4. The zero-order chi connectivity index (χ0) is 19.0. The zero-order valence-corrected chi connectivity index (χ0v) is 17.7. The summed E-state index contributed by atoms with van der Waals surface area (Å²) in [5.74, 6) is 2.05. The molecule has 1 saturated heterocycles. The SMILES string of the molecule is CN=C(NCCOc1ccc(OC)cc1)NC1CCN(CC(F)(F)F)C1.I. The Labute approximate surface area is 174 Å². The molecule has 154 valence electrons. The lowest BCUT2D eigenvalue weighted by Gasteiger charge is -2.19. The van der Waals surface area contributed by atoms with Crippen LogP contribution in [-0.4, -0.2) is 70.0 Å². The second-order valence-electron chi connectivity index (χ2n) is 6.00. The van der Waals surface area contributed by atoms with E-state index < -0.39 is 12.7 Å². The third kappa shape index (κ3) is 8.87. The van der Waals surface area contributed by atoms with E-state index in [4.69, 9.17) is 9.47 Å². The molecule has 10 heteroatoms. The van der Waals surface area contributed by atoms with Gasteiger partial charge in [0.25, 0.3) is 0 Å². The fraction of sp³-hybridized carbons (Fsp3) is 0.588. The minimum Gasteiger partial charge on any atom is -0.497 e. The third-order valence-corrected chi connectivity index (χ3v) is 3.96. The molecule has 2 N–H and O–H groups in total. The van der Waals surface area contributed by atoms with Gasteiger partial charge in [-0.05, 0) is 30.7 Å². The highest BCUT2D eigenvalue weighted by Gasteiger charge is 2.34. The van der Waals surface area contributed by atoms with Gasteiger partial charge >= 0.3 is 6.18 Å². The van der Waals surface area contributed by atoms with Crippen LogP contribution in [-0.2, 0) is 0 Å². The average Bonchev–Trinajstić information content (AvgIpc) is 3.03. The van der Waals surface area contributed by atoms with Crippen molar-refractivity contribution in [1.82, 2.24) is 15.5 Å². The summed E-state index contributed by atoms with van der Waals surface area (Å²) in [7, 11) is 3.23. The third-order valence-electron chi connectivity index (χ3n) is 3.96. The largest absolute Gasteiger partial charge is 0.497 e. The second-order valence-corrected chi connectivity index (χ2v) is 6.00. The number of hydrogen-bond acceptors (Lipinski definition) is 4. The van der Waals surface area contributed by atoms with Gasteiger partial charge in [-0.1, -0.05) is 0 Å². The molecule has 1 aromatic rings. The minimum absolute atomic E-state index is 0. The molecule has 1 aliphatic heterocycles. The molecule has 1 aromatic carbocycles. The van der Waals surface area contributed by atoms with Gasteiger partial charge in [-0.25, -0.2) is 0 Å². The molecule has 0 radical (unpaired) electrons. The molecule has 1 unspecified atom stereocenters. The number of aliphatic imine (C=N–C) groups is 1. The Kier molecular flexibility index (Phi) is 9.99. The topological polar surface area (TPSA) is 58.1 Å². The number of likely N-dealkylation sites (tertiary alicyclic amines) is 1. The molecule has 1 aliphatic rings. The first-order valence-corrected chi connectivity index (χ1v) is 8.43. The Morgan fingerprint density at radius 2 is 1.93 bits per heavy atom. The number of ether oxygens (including phenoxy) is 2. The maximum atomic E-state index is 12.4. The first kappa shape index (κ1) is 23.6. The van der Waals surface area contributed by atoms with Crippen molar-refractivity contribution >= 4 is 29.9 Å². The van der Waals surface area contributed by atoms with Crippen molar-refractivity contribution < 1.29 is 22.6 Å². The van der Waals surface area contributed by atoms with Gasteiger partial charge in [0.05, 0.1) is 20.2 Å². The lowest BCUT2D eigenvalue weighted by Crippen LogP contribution is -2.46. The summed E-state index contributed by atoms with van der Waals surface area (Å²) in [6.45, 7) is 0.854. The maximum absolute atomic E-state index is 12.4. The highest BCUT2D eigenvalue weighted by atomic mass is 127. The van der Waals surface area contributed by atoms with Gasteiger partial charge in [-0.2, -0.15) is 13.2 Å². The van der Waals surface area contributed by atoms with E-state index in [1.54, 1.807) is 14.2 Å². The molecule has 1 fully saturated rings. The fourth-order valence-corrected chi connectivity index (χ4v) is 2.75. The molecule has 6 nitrogen and oxygen atoms in total. The molecular weight excluding hydrogens is 476 g/mol. The number of methoxy groups -OCH3 is 1. The van der Waals surface area contributed by atoms with Crippen LogP contribution in [0.15, 0.2) is 29.3 Å². The van der Waals surface area contributed by atoms with Gasteiger partial charge in [0.2, 0.25) is 0 Å². The van der Waals surface area contributed by atoms with E-state index in [1.165, 1.54) is 4.90 Å². The predicted octanol–water partition coefficient (Wildman–Crippen LogP) is 2.49. The standard InChI is InChI=1S/C17H25F3N4O2.HI/c1-21-16(23-13-7-9-24(11-13)12-17(18,19)20)22-8-10-26-15-5-3-14(25-2)4-6-15;/h3-6,13H,7-12H2,1-2H3,(H2,21,22,23);1H. The maximum Gasteiger partial charge on any atom is 0.401 e. The average molecular weight is 502 g/mol. The molecule has 2 rings (SSSR count). The minimum atomic E-state index is -4.16. The number of rotatable bonds is 7. The van der Waals surface area contributed by atoms with Gasteiger partial charge in [0.1, 0.15) is 18.1 Å². The van der Waals surface area contributed by atoms with Crippen LogP contribution in [0.4, 0.5) is 13.2 Å². The van der Waals surface area contributed by atoms with Crippen molar-refractivity contribution in [3.8, 4) is 11.5 Å². The van der Waals surface area contributed by atoms with Crippen LogP contribution < -0.4 is 20.1 Å².